The fourth-order valence-electron chi connectivity index (χ4n) is 9.06. The van der Waals surface area contributed by atoms with E-state index in [1.165, 1.54) is 5.57 Å². The number of aliphatic imine (C=N–C) groups is 1. The van der Waals surface area contributed by atoms with Gasteiger partial charge in [0, 0.05) is 57.4 Å². The summed E-state index contributed by atoms with van der Waals surface area (Å²) in [6, 6.07) is 53.9. The van der Waals surface area contributed by atoms with E-state index < -0.39 is 10.8 Å². The molecule has 8 aromatic rings. The summed E-state index contributed by atoms with van der Waals surface area (Å²) in [6.07, 6.45) is 21.9. The molecule has 0 fully saturated rings. The van der Waals surface area contributed by atoms with Gasteiger partial charge < -0.3 is 9.45 Å². The van der Waals surface area contributed by atoms with Crippen LogP contribution in [0, 0.1) is 5.92 Å². The van der Waals surface area contributed by atoms with E-state index in [-0.39, 0.29) is 17.9 Å². The molecule has 3 heterocycles. The summed E-state index contributed by atoms with van der Waals surface area (Å²) in [5.41, 5.74) is 7.10. The Hall–Kier alpha value is -7.52. The maximum Gasteiger partial charge on any atom is 0.239 e. The average Bonchev–Trinajstić information content (AvgIpc) is 3.65. The van der Waals surface area contributed by atoms with E-state index in [2.05, 4.69) is 162 Å². The molecule has 0 saturated heterocycles. The summed E-state index contributed by atoms with van der Waals surface area (Å²) in [7, 11) is -1.38. The first kappa shape index (κ1) is 39.3. The lowest BCUT2D eigenvalue weighted by Gasteiger charge is -2.32. The number of aromatic nitrogens is 3. The summed E-state index contributed by atoms with van der Waals surface area (Å²) in [4.78, 5) is 25.7. The van der Waals surface area contributed by atoms with E-state index in [0.717, 1.165) is 79.1 Å². The number of amidine groups is 1. The quantitative estimate of drug-likeness (QED) is 0.135. The third-order valence-corrected chi connectivity index (χ3v) is 13.8. The number of thiophene rings is 1. The Morgan fingerprint density at radius 3 is 1.70 bits per heavy atom. The molecule has 0 spiro atoms. The summed E-state index contributed by atoms with van der Waals surface area (Å²) >= 11 is 0. The smallest absolute Gasteiger partial charge is 0.239 e. The Morgan fingerprint density at radius 1 is 0.531 bits per heavy atom. The molecular formula is C56H44N6OS. The van der Waals surface area contributed by atoms with Crippen molar-refractivity contribution < 1.29 is 4.55 Å². The average molecular weight is 849 g/mol. The van der Waals surface area contributed by atoms with Gasteiger partial charge in [0.05, 0.1) is 11.7 Å². The highest BCUT2D eigenvalue weighted by molar-refractivity contribution is 7.37. The topological polar surface area (TPSA) is 80.6 Å². The van der Waals surface area contributed by atoms with Crippen LogP contribution in [0.15, 0.2) is 217 Å². The number of nitrogens with zero attached hydrogens (tertiary/aromatic N) is 6. The minimum Gasteiger partial charge on any atom is -0.590 e. The molecule has 0 N–H and O–H groups in total. The molecule has 6 aromatic carbocycles. The zero-order valence-electron chi connectivity index (χ0n) is 35.1. The van der Waals surface area contributed by atoms with Crippen LogP contribution in [0.3, 0.4) is 0 Å². The number of hydrogen-bond donors (Lipinski definition) is 0. The van der Waals surface area contributed by atoms with Gasteiger partial charge in [-0.2, -0.15) is 9.97 Å². The molecule has 3 aliphatic rings. The fourth-order valence-corrected chi connectivity index (χ4v) is 10.4. The van der Waals surface area contributed by atoms with Crippen molar-refractivity contribution in [3.8, 4) is 11.4 Å². The lowest BCUT2D eigenvalue weighted by molar-refractivity contribution is 0.511. The highest BCUT2D eigenvalue weighted by Crippen LogP contribution is 2.46. The molecule has 8 heteroatoms. The van der Waals surface area contributed by atoms with Crippen LogP contribution in [0.4, 0.5) is 28.7 Å². The number of benzene rings is 6. The zero-order valence-corrected chi connectivity index (χ0v) is 35.9. The molecule has 310 valence electrons. The van der Waals surface area contributed by atoms with E-state index in [0.29, 0.717) is 17.6 Å². The van der Waals surface area contributed by atoms with Gasteiger partial charge in [0.2, 0.25) is 5.95 Å². The minimum absolute atomic E-state index is 0.0309. The van der Waals surface area contributed by atoms with E-state index in [1.54, 1.807) is 0 Å². The molecule has 0 bridgehead atoms. The van der Waals surface area contributed by atoms with Crippen LogP contribution in [0.1, 0.15) is 36.6 Å². The maximum atomic E-state index is 14.4. The molecule has 1 aliphatic heterocycles. The minimum atomic E-state index is -1.38. The molecule has 64 heavy (non-hydrogen) atoms. The molecule has 0 amide bonds. The van der Waals surface area contributed by atoms with Gasteiger partial charge in [-0.1, -0.05) is 146 Å². The van der Waals surface area contributed by atoms with Gasteiger partial charge >= 0.3 is 0 Å². The third-order valence-electron chi connectivity index (χ3n) is 12.3. The van der Waals surface area contributed by atoms with Gasteiger partial charge in [-0.3, -0.25) is 9.89 Å². The number of hydrogen-bond acceptors (Lipinski definition) is 7. The van der Waals surface area contributed by atoms with Crippen LogP contribution in [-0.2, 0) is 0 Å². The Balaban J connectivity index is 1.14. The standard InChI is InChI=1S/C56H44N6OS/c63-64-51-33-31-46(61(44-27-15-5-16-28-44)45-29-17-6-18-30-45)37-48(51)49-38-47(32-34-52(49)64)62(53-36-43(39-19-7-1-8-20-39)35-50(57-53)40-21-9-2-10-22-40)56-59-54(41-23-11-3-12-24-41)58-55(60-56)42-25-13-4-14-26-42/h1-21,23-25,27-34,36-38,40,42,50H,22,26,35H2. The summed E-state index contributed by atoms with van der Waals surface area (Å²) in [5.74, 6) is 2.67. The van der Waals surface area contributed by atoms with Gasteiger partial charge in [-0.15, -0.1) is 0 Å². The zero-order chi connectivity index (χ0) is 42.8. The fraction of sp³-hybridized carbons (Fsp3) is 0.107. The lowest BCUT2D eigenvalue weighted by atomic mass is 9.85. The second-order valence-corrected chi connectivity index (χ2v) is 17.7. The van der Waals surface area contributed by atoms with Gasteiger partial charge in [-0.05, 0) is 95.8 Å². The predicted octanol–water partition coefficient (Wildman–Crippen LogP) is 14.2. The number of anilines is 5. The van der Waals surface area contributed by atoms with Crippen molar-refractivity contribution in [2.75, 3.05) is 9.80 Å². The van der Waals surface area contributed by atoms with Crippen molar-refractivity contribution in [3.05, 3.63) is 224 Å². The first-order valence-electron chi connectivity index (χ1n) is 21.9. The molecule has 4 unspecified atom stereocenters. The Morgan fingerprint density at radius 2 is 1.11 bits per heavy atom. The van der Waals surface area contributed by atoms with Gasteiger partial charge in [0.1, 0.15) is 11.7 Å². The summed E-state index contributed by atoms with van der Waals surface area (Å²) in [6.45, 7) is 0. The van der Waals surface area contributed by atoms with E-state index in [1.807, 2.05) is 60.7 Å². The molecule has 4 atom stereocenters. The molecule has 7 nitrogen and oxygen atoms in total. The van der Waals surface area contributed by atoms with Gasteiger partial charge in [0.15, 0.2) is 15.2 Å². The Kier molecular flexibility index (Phi) is 10.7. The van der Waals surface area contributed by atoms with E-state index in [9.17, 15) is 4.55 Å². The molecule has 0 saturated carbocycles. The largest absolute Gasteiger partial charge is 0.590 e. The SMILES string of the molecule is [O-][s+]1c2ccc(N(C3=NC(C4C=CC=CC4)CC(c4ccccc4)=C3)c3nc(-c4ccccc4)nc(C4C=CC=CC4)n3)cc2c2cc(N(c3ccccc3)c3ccccc3)ccc21. The number of allylic oxidation sites excluding steroid dienone is 7. The van der Waals surface area contributed by atoms with Crippen molar-refractivity contribution in [2.24, 2.45) is 10.9 Å². The highest BCUT2D eigenvalue weighted by atomic mass is 32.2. The van der Waals surface area contributed by atoms with Crippen LogP contribution >= 0.6 is 10.8 Å². The van der Waals surface area contributed by atoms with Crippen molar-refractivity contribution in [3.63, 3.8) is 0 Å². The maximum absolute atomic E-state index is 14.4. The monoisotopic (exact) mass is 848 g/mol. The first-order chi connectivity index (χ1) is 31.6. The van der Waals surface area contributed by atoms with Gasteiger partial charge in [0.25, 0.3) is 0 Å². The number of fused-ring (bicyclic) bond motifs is 3. The van der Waals surface area contributed by atoms with Crippen LogP contribution in [-0.4, -0.2) is 31.4 Å². The van der Waals surface area contributed by atoms with Crippen molar-refractivity contribution in [1.29, 1.82) is 0 Å². The normalized spacial score (nSPS) is 18.3. The third kappa shape index (κ3) is 7.68. The van der Waals surface area contributed by atoms with Crippen molar-refractivity contribution >= 4 is 71.0 Å². The number of dihydropyridines is 1. The van der Waals surface area contributed by atoms with Crippen LogP contribution in [0.2, 0.25) is 0 Å². The van der Waals surface area contributed by atoms with E-state index >= 15 is 0 Å². The molecular weight excluding hydrogens is 805 g/mol. The van der Waals surface area contributed by atoms with Crippen molar-refractivity contribution in [2.45, 2.75) is 31.2 Å². The molecule has 2 aromatic heterocycles. The second-order valence-electron chi connectivity index (χ2n) is 16.3. The van der Waals surface area contributed by atoms with E-state index in [4.69, 9.17) is 19.9 Å². The van der Waals surface area contributed by atoms with Crippen molar-refractivity contribution in [1.82, 2.24) is 15.0 Å². The number of para-hydroxylation sites is 2. The predicted molar refractivity (Wildman–Crippen MR) is 264 cm³/mol. The van der Waals surface area contributed by atoms with Crippen LogP contribution in [0.5, 0.6) is 0 Å². The molecule has 11 rings (SSSR count). The van der Waals surface area contributed by atoms with Crippen LogP contribution in [0.25, 0.3) is 37.1 Å². The molecule has 0 radical (unpaired) electrons. The first-order valence-corrected chi connectivity index (χ1v) is 23.0. The second kappa shape index (κ2) is 17.3. The highest BCUT2D eigenvalue weighted by Gasteiger charge is 2.31. The lowest BCUT2D eigenvalue weighted by Crippen LogP contribution is -2.33. The van der Waals surface area contributed by atoms with Gasteiger partial charge in [-0.25, -0.2) is 4.98 Å². The summed E-state index contributed by atoms with van der Waals surface area (Å²) < 4.78 is 15.9. The summed E-state index contributed by atoms with van der Waals surface area (Å²) in [5, 5.41) is 1.82. The number of rotatable bonds is 9. The Labute approximate surface area is 376 Å². The van der Waals surface area contributed by atoms with Crippen LogP contribution < -0.4 is 9.80 Å². The Bertz CT molecular complexity index is 3130. The molecule has 2 aliphatic carbocycles.